The van der Waals surface area contributed by atoms with Crippen LogP contribution in [0, 0.1) is 19.7 Å². The number of halogens is 1. The largest absolute Gasteiger partial charge is 0.381 e. The Bertz CT molecular complexity index is 1050. The summed E-state index contributed by atoms with van der Waals surface area (Å²) in [6.07, 6.45) is 0. The molecule has 3 aromatic rings. The van der Waals surface area contributed by atoms with Crippen LogP contribution in [0.2, 0.25) is 0 Å². The van der Waals surface area contributed by atoms with Gasteiger partial charge in [0.05, 0.1) is 4.90 Å². The molecule has 2 N–H and O–H groups in total. The van der Waals surface area contributed by atoms with Gasteiger partial charge in [0.2, 0.25) is 0 Å². The highest BCUT2D eigenvalue weighted by Gasteiger charge is 2.16. The maximum atomic E-state index is 13.6. The van der Waals surface area contributed by atoms with E-state index in [0.29, 0.717) is 23.4 Å². The molecule has 0 bridgehead atoms. The summed E-state index contributed by atoms with van der Waals surface area (Å²) in [7, 11) is -3.65. The number of hydrogen-bond donors (Lipinski definition) is 2. The lowest BCUT2D eigenvalue weighted by Gasteiger charge is -2.12. The number of aryl methyl sites for hydroxylation is 2. The topological polar surface area (TPSA) is 58.2 Å². The van der Waals surface area contributed by atoms with Crippen molar-refractivity contribution in [1.29, 1.82) is 0 Å². The molecule has 0 aliphatic carbocycles. The van der Waals surface area contributed by atoms with E-state index in [1.165, 1.54) is 6.07 Å². The van der Waals surface area contributed by atoms with Crippen molar-refractivity contribution in [2.75, 3.05) is 10.0 Å². The van der Waals surface area contributed by atoms with Crippen molar-refractivity contribution in [2.24, 2.45) is 0 Å². The average Bonchev–Trinajstić information content (AvgIpc) is 2.61. The van der Waals surface area contributed by atoms with Crippen molar-refractivity contribution in [3.8, 4) is 0 Å². The first-order valence-corrected chi connectivity index (χ1v) is 10.0. The Kier molecular flexibility index (Phi) is 5.46. The van der Waals surface area contributed by atoms with Gasteiger partial charge in [0.1, 0.15) is 5.82 Å². The summed E-state index contributed by atoms with van der Waals surface area (Å²) in [6, 6.07) is 18.6. The van der Waals surface area contributed by atoms with Gasteiger partial charge in [-0.1, -0.05) is 35.9 Å². The molecule has 0 heterocycles. The Morgan fingerprint density at radius 1 is 0.889 bits per heavy atom. The van der Waals surface area contributed by atoms with Crippen molar-refractivity contribution in [3.63, 3.8) is 0 Å². The first-order valence-electron chi connectivity index (χ1n) is 8.52. The molecule has 0 unspecified atom stereocenters. The Hall–Kier alpha value is -2.86. The monoisotopic (exact) mass is 384 g/mol. The molecule has 3 rings (SSSR count). The Morgan fingerprint density at radius 3 is 2.22 bits per heavy atom. The standard InChI is InChI=1S/C21H21FN2O2S/c1-15-7-12-21(16(2)13-15)27(25,26)24-19-10-8-18(9-11-19)23-14-17-5-3-4-6-20(17)22/h3-13,23-24H,14H2,1-2H3. The van der Waals surface area contributed by atoms with E-state index in [2.05, 4.69) is 10.0 Å². The molecule has 3 aromatic carbocycles. The normalized spacial score (nSPS) is 11.2. The van der Waals surface area contributed by atoms with Crippen molar-refractivity contribution in [2.45, 2.75) is 25.3 Å². The molecular formula is C21H21FN2O2S. The van der Waals surface area contributed by atoms with E-state index in [0.717, 1.165) is 11.3 Å². The molecule has 140 valence electrons. The first kappa shape index (κ1) is 18.9. The Labute approximate surface area is 159 Å². The molecule has 0 saturated heterocycles. The summed E-state index contributed by atoms with van der Waals surface area (Å²) in [4.78, 5) is 0.259. The van der Waals surface area contributed by atoms with Crippen molar-refractivity contribution in [3.05, 3.63) is 89.2 Å². The molecule has 27 heavy (non-hydrogen) atoms. The zero-order chi connectivity index (χ0) is 19.4. The van der Waals surface area contributed by atoms with Crippen LogP contribution in [0.25, 0.3) is 0 Å². The highest BCUT2D eigenvalue weighted by molar-refractivity contribution is 7.92. The second kappa shape index (κ2) is 7.80. The summed E-state index contributed by atoms with van der Waals surface area (Å²) < 4.78 is 41.4. The number of benzene rings is 3. The smallest absolute Gasteiger partial charge is 0.262 e. The minimum atomic E-state index is -3.65. The molecule has 0 amide bonds. The minimum absolute atomic E-state index is 0.259. The minimum Gasteiger partial charge on any atom is -0.381 e. The summed E-state index contributed by atoms with van der Waals surface area (Å²) in [5, 5.41) is 3.12. The predicted molar refractivity (Wildman–Crippen MR) is 107 cm³/mol. The molecular weight excluding hydrogens is 363 g/mol. The maximum absolute atomic E-state index is 13.6. The molecule has 0 radical (unpaired) electrons. The number of hydrogen-bond acceptors (Lipinski definition) is 3. The maximum Gasteiger partial charge on any atom is 0.262 e. The average molecular weight is 384 g/mol. The highest BCUT2D eigenvalue weighted by atomic mass is 32.2. The number of anilines is 2. The van der Waals surface area contributed by atoms with Crippen molar-refractivity contribution >= 4 is 21.4 Å². The summed E-state index contributed by atoms with van der Waals surface area (Å²) >= 11 is 0. The fourth-order valence-corrected chi connectivity index (χ4v) is 4.09. The third kappa shape index (κ3) is 4.65. The zero-order valence-corrected chi connectivity index (χ0v) is 16.0. The highest BCUT2D eigenvalue weighted by Crippen LogP contribution is 2.22. The predicted octanol–water partition coefficient (Wildman–Crippen LogP) is 4.86. The number of rotatable bonds is 6. The lowest BCUT2D eigenvalue weighted by molar-refractivity contribution is 0.600. The van der Waals surface area contributed by atoms with Gasteiger partial charge < -0.3 is 5.32 Å². The van der Waals surface area contributed by atoms with Crippen LogP contribution < -0.4 is 10.0 Å². The fraction of sp³-hybridized carbons (Fsp3) is 0.143. The summed E-state index contributed by atoms with van der Waals surface area (Å²) in [5.74, 6) is -0.261. The van der Waals surface area contributed by atoms with Crippen LogP contribution in [-0.2, 0) is 16.6 Å². The Balaban J connectivity index is 1.69. The lowest BCUT2D eigenvalue weighted by atomic mass is 10.2. The molecule has 6 heteroatoms. The van der Waals surface area contributed by atoms with E-state index < -0.39 is 10.0 Å². The molecule has 0 aliphatic heterocycles. The van der Waals surface area contributed by atoms with Crippen LogP contribution >= 0.6 is 0 Å². The quantitative estimate of drug-likeness (QED) is 0.638. The van der Waals surface area contributed by atoms with E-state index >= 15 is 0 Å². The molecule has 0 spiro atoms. The molecule has 0 aromatic heterocycles. The zero-order valence-electron chi connectivity index (χ0n) is 15.2. The van der Waals surface area contributed by atoms with E-state index in [4.69, 9.17) is 0 Å². The SMILES string of the molecule is Cc1ccc(S(=O)(=O)Nc2ccc(NCc3ccccc3F)cc2)c(C)c1. The van der Waals surface area contributed by atoms with Crippen LogP contribution in [0.15, 0.2) is 71.6 Å². The van der Waals surface area contributed by atoms with Crippen molar-refractivity contribution < 1.29 is 12.8 Å². The van der Waals surface area contributed by atoms with Gasteiger partial charge in [0.25, 0.3) is 10.0 Å². The summed E-state index contributed by atoms with van der Waals surface area (Å²) in [5.41, 5.74) is 3.51. The third-order valence-corrected chi connectivity index (χ3v) is 5.74. The number of nitrogens with one attached hydrogen (secondary N) is 2. The number of sulfonamides is 1. The van der Waals surface area contributed by atoms with E-state index in [1.54, 1.807) is 61.5 Å². The van der Waals surface area contributed by atoms with Gasteiger partial charge in [-0.05, 0) is 55.8 Å². The second-order valence-electron chi connectivity index (χ2n) is 6.40. The van der Waals surface area contributed by atoms with Crippen LogP contribution in [0.1, 0.15) is 16.7 Å². The lowest BCUT2D eigenvalue weighted by Crippen LogP contribution is -2.14. The summed E-state index contributed by atoms with van der Waals surface area (Å²) in [6.45, 7) is 4.04. The van der Waals surface area contributed by atoms with E-state index in [9.17, 15) is 12.8 Å². The third-order valence-electron chi connectivity index (χ3n) is 4.20. The molecule has 0 atom stereocenters. The molecule has 0 fully saturated rings. The van der Waals surface area contributed by atoms with Gasteiger partial charge in [-0.3, -0.25) is 4.72 Å². The van der Waals surface area contributed by atoms with Gasteiger partial charge in [0.15, 0.2) is 0 Å². The fourth-order valence-electron chi connectivity index (χ4n) is 2.81. The van der Waals surface area contributed by atoms with E-state index in [-0.39, 0.29) is 10.7 Å². The second-order valence-corrected chi connectivity index (χ2v) is 8.05. The first-order chi connectivity index (χ1) is 12.8. The van der Waals surface area contributed by atoms with Gasteiger partial charge in [-0.15, -0.1) is 0 Å². The van der Waals surface area contributed by atoms with Gasteiger partial charge >= 0.3 is 0 Å². The van der Waals surface area contributed by atoms with Crippen molar-refractivity contribution in [1.82, 2.24) is 0 Å². The molecule has 4 nitrogen and oxygen atoms in total. The van der Waals surface area contributed by atoms with E-state index in [1.807, 2.05) is 13.0 Å². The molecule has 0 aliphatic rings. The molecule has 0 saturated carbocycles. The Morgan fingerprint density at radius 2 is 1.56 bits per heavy atom. The van der Waals surface area contributed by atoms with Crippen LogP contribution in [-0.4, -0.2) is 8.42 Å². The van der Waals surface area contributed by atoms with Crippen LogP contribution in [0.4, 0.5) is 15.8 Å². The van der Waals surface area contributed by atoms with Crippen LogP contribution in [0.3, 0.4) is 0 Å². The van der Waals surface area contributed by atoms with Gasteiger partial charge in [-0.2, -0.15) is 0 Å². The van der Waals surface area contributed by atoms with Gasteiger partial charge in [0, 0.05) is 23.5 Å². The van der Waals surface area contributed by atoms with Crippen LogP contribution in [0.5, 0.6) is 0 Å². The van der Waals surface area contributed by atoms with Gasteiger partial charge in [-0.25, -0.2) is 12.8 Å².